The van der Waals surface area contributed by atoms with Gasteiger partial charge in [-0.1, -0.05) is 65.1 Å². The first-order chi connectivity index (χ1) is 8.09. The quantitative estimate of drug-likeness (QED) is 0.537. The Labute approximate surface area is 119 Å². The van der Waals surface area contributed by atoms with Crippen LogP contribution in [0.25, 0.3) is 0 Å². The van der Waals surface area contributed by atoms with E-state index in [1.807, 2.05) is 30.3 Å². The van der Waals surface area contributed by atoms with Crippen LogP contribution in [0, 0.1) is 0 Å². The van der Waals surface area contributed by atoms with Crippen LogP contribution in [0.1, 0.15) is 16.6 Å². The zero-order valence-corrected chi connectivity index (χ0v) is 11.5. The summed E-state index contributed by atoms with van der Waals surface area (Å²) < 4.78 is 0. The minimum Gasteiger partial charge on any atom is -0.238 e. The number of pyridine rings is 1. The Hall–Kier alpha value is -0.470. The van der Waals surface area contributed by atoms with Crippen LogP contribution >= 0.6 is 46.4 Å². The van der Waals surface area contributed by atoms with Gasteiger partial charge in [0.2, 0.25) is 0 Å². The standard InChI is InChI=1S/C12H7Cl4N/c13-8-6-9(17-12(16)11(8)15)10(14)7-4-2-1-3-5-7/h1-6,10H. The van der Waals surface area contributed by atoms with Crippen molar-refractivity contribution in [2.45, 2.75) is 5.38 Å². The Kier molecular flexibility index (Phi) is 4.16. The molecular formula is C12H7Cl4N. The molecule has 0 aliphatic rings. The van der Waals surface area contributed by atoms with E-state index >= 15 is 0 Å². The lowest BCUT2D eigenvalue weighted by molar-refractivity contribution is 1.04. The number of nitrogens with zero attached hydrogens (tertiary/aromatic N) is 1. The van der Waals surface area contributed by atoms with Crippen molar-refractivity contribution in [3.8, 4) is 0 Å². The zero-order valence-electron chi connectivity index (χ0n) is 8.50. The van der Waals surface area contributed by atoms with E-state index in [0.29, 0.717) is 10.7 Å². The van der Waals surface area contributed by atoms with Gasteiger partial charge in [0.05, 0.1) is 15.7 Å². The predicted molar refractivity (Wildman–Crippen MR) is 73.4 cm³/mol. The lowest BCUT2D eigenvalue weighted by Crippen LogP contribution is -1.97. The normalized spacial score (nSPS) is 12.5. The molecule has 0 N–H and O–H groups in total. The molecule has 0 aliphatic heterocycles. The molecule has 1 atom stereocenters. The first-order valence-corrected chi connectivity index (χ1v) is 6.37. The summed E-state index contributed by atoms with van der Waals surface area (Å²) >= 11 is 23.9. The average Bonchev–Trinajstić information content (AvgIpc) is 2.35. The minimum absolute atomic E-state index is 0.163. The van der Waals surface area contributed by atoms with Gasteiger partial charge in [-0.15, -0.1) is 11.6 Å². The minimum atomic E-state index is -0.400. The molecule has 1 nitrogen and oxygen atoms in total. The van der Waals surface area contributed by atoms with E-state index in [2.05, 4.69) is 4.98 Å². The summed E-state index contributed by atoms with van der Waals surface area (Å²) in [5.74, 6) is 0. The Morgan fingerprint density at radius 2 is 1.65 bits per heavy atom. The van der Waals surface area contributed by atoms with E-state index in [9.17, 15) is 0 Å². The van der Waals surface area contributed by atoms with Crippen molar-refractivity contribution in [3.63, 3.8) is 0 Å². The van der Waals surface area contributed by atoms with E-state index in [-0.39, 0.29) is 10.2 Å². The molecule has 1 heterocycles. The largest absolute Gasteiger partial charge is 0.238 e. The topological polar surface area (TPSA) is 12.9 Å². The number of aromatic nitrogens is 1. The number of rotatable bonds is 2. The second-order valence-corrected chi connectivity index (χ2v) is 4.99. The summed E-state index contributed by atoms with van der Waals surface area (Å²) in [5.41, 5.74) is 1.51. The fourth-order valence-corrected chi connectivity index (χ4v) is 2.21. The molecule has 1 aromatic carbocycles. The molecule has 0 radical (unpaired) electrons. The van der Waals surface area contributed by atoms with Gasteiger partial charge in [-0.05, 0) is 11.6 Å². The van der Waals surface area contributed by atoms with Gasteiger partial charge in [-0.25, -0.2) is 4.98 Å². The summed E-state index contributed by atoms with van der Waals surface area (Å²) in [6.07, 6.45) is 0. The van der Waals surface area contributed by atoms with Crippen molar-refractivity contribution in [3.05, 3.63) is 62.9 Å². The highest BCUT2D eigenvalue weighted by Gasteiger charge is 2.15. The molecule has 0 spiro atoms. The Morgan fingerprint density at radius 1 is 1.00 bits per heavy atom. The molecule has 0 fully saturated rings. The molecule has 5 heteroatoms. The van der Waals surface area contributed by atoms with Crippen LogP contribution < -0.4 is 0 Å². The van der Waals surface area contributed by atoms with Crippen molar-refractivity contribution in [1.82, 2.24) is 4.98 Å². The molecular weight excluding hydrogens is 300 g/mol. The number of hydrogen-bond acceptors (Lipinski definition) is 1. The molecule has 2 aromatic rings. The van der Waals surface area contributed by atoms with Crippen molar-refractivity contribution in [2.24, 2.45) is 0 Å². The summed E-state index contributed by atoms with van der Waals surface area (Å²) in [7, 11) is 0. The maximum Gasteiger partial charge on any atom is 0.149 e. The molecule has 0 amide bonds. The molecule has 0 bridgehead atoms. The lowest BCUT2D eigenvalue weighted by atomic mass is 10.1. The molecule has 0 aliphatic carbocycles. The van der Waals surface area contributed by atoms with Crippen molar-refractivity contribution in [2.75, 3.05) is 0 Å². The number of benzene rings is 1. The van der Waals surface area contributed by atoms with E-state index in [1.165, 1.54) is 0 Å². The third-order valence-corrected chi connectivity index (χ3v) is 3.87. The van der Waals surface area contributed by atoms with Crippen LogP contribution in [0.5, 0.6) is 0 Å². The Bertz CT molecular complexity index is 504. The van der Waals surface area contributed by atoms with Crippen LogP contribution in [0.15, 0.2) is 36.4 Å². The Morgan fingerprint density at radius 3 is 2.24 bits per heavy atom. The van der Waals surface area contributed by atoms with Gasteiger partial charge in [0.1, 0.15) is 10.5 Å². The molecule has 17 heavy (non-hydrogen) atoms. The maximum atomic E-state index is 6.31. The third-order valence-electron chi connectivity index (χ3n) is 2.24. The van der Waals surface area contributed by atoms with Gasteiger partial charge in [-0.3, -0.25) is 0 Å². The lowest BCUT2D eigenvalue weighted by Gasteiger charge is -2.10. The SMILES string of the molecule is Clc1cc(C(Cl)c2ccccc2)nc(Cl)c1Cl. The smallest absolute Gasteiger partial charge is 0.149 e. The van der Waals surface area contributed by atoms with Crippen molar-refractivity contribution >= 4 is 46.4 Å². The molecule has 1 unspecified atom stereocenters. The zero-order chi connectivity index (χ0) is 12.4. The van der Waals surface area contributed by atoms with Crippen LogP contribution in [0.2, 0.25) is 15.2 Å². The first kappa shape index (κ1) is 13.0. The van der Waals surface area contributed by atoms with Crippen LogP contribution in [-0.2, 0) is 0 Å². The molecule has 88 valence electrons. The van der Waals surface area contributed by atoms with Gasteiger partial charge in [-0.2, -0.15) is 0 Å². The van der Waals surface area contributed by atoms with Crippen molar-refractivity contribution in [1.29, 1.82) is 0 Å². The van der Waals surface area contributed by atoms with Crippen molar-refractivity contribution < 1.29 is 0 Å². The van der Waals surface area contributed by atoms with Gasteiger partial charge in [0.15, 0.2) is 0 Å². The van der Waals surface area contributed by atoms with Crippen LogP contribution in [0.3, 0.4) is 0 Å². The summed E-state index contributed by atoms with van der Waals surface area (Å²) in [6.45, 7) is 0. The number of halogens is 4. The molecule has 1 aromatic heterocycles. The molecule has 2 rings (SSSR count). The van der Waals surface area contributed by atoms with E-state index in [0.717, 1.165) is 5.56 Å². The van der Waals surface area contributed by atoms with Gasteiger partial charge in [0, 0.05) is 0 Å². The highest BCUT2D eigenvalue weighted by atomic mass is 35.5. The molecule has 0 saturated heterocycles. The first-order valence-electron chi connectivity index (χ1n) is 4.80. The van der Waals surface area contributed by atoms with E-state index < -0.39 is 5.38 Å². The highest BCUT2D eigenvalue weighted by Crippen LogP contribution is 2.34. The number of hydrogen-bond donors (Lipinski definition) is 0. The van der Waals surface area contributed by atoms with E-state index in [1.54, 1.807) is 6.07 Å². The summed E-state index contributed by atoms with van der Waals surface area (Å²) in [5, 5.41) is 0.358. The van der Waals surface area contributed by atoms with Crippen LogP contribution in [0.4, 0.5) is 0 Å². The predicted octanol–water partition coefficient (Wildman–Crippen LogP) is 5.37. The summed E-state index contributed by atoms with van der Waals surface area (Å²) in [6, 6.07) is 11.2. The molecule has 0 saturated carbocycles. The fraction of sp³-hybridized carbons (Fsp3) is 0.0833. The van der Waals surface area contributed by atoms with Gasteiger partial charge in [0.25, 0.3) is 0 Å². The average molecular weight is 307 g/mol. The summed E-state index contributed by atoms with van der Waals surface area (Å²) in [4.78, 5) is 4.13. The third kappa shape index (κ3) is 2.86. The number of alkyl halides is 1. The maximum absolute atomic E-state index is 6.31. The second-order valence-electron chi connectivity index (χ2n) is 3.41. The monoisotopic (exact) mass is 305 g/mol. The Balaban J connectivity index is 2.41. The highest BCUT2D eigenvalue weighted by molar-refractivity contribution is 6.47. The van der Waals surface area contributed by atoms with E-state index in [4.69, 9.17) is 46.4 Å². The second kappa shape index (κ2) is 5.45. The van der Waals surface area contributed by atoms with Gasteiger partial charge < -0.3 is 0 Å². The van der Waals surface area contributed by atoms with Crippen LogP contribution in [-0.4, -0.2) is 4.98 Å². The van der Waals surface area contributed by atoms with Gasteiger partial charge >= 0.3 is 0 Å². The fourth-order valence-electron chi connectivity index (χ4n) is 1.41.